The molecule has 1 aromatic carbocycles. The van der Waals surface area contributed by atoms with E-state index in [-0.39, 0.29) is 0 Å². The number of hydrogen-bond acceptors (Lipinski definition) is 0. The van der Waals surface area contributed by atoms with E-state index in [0.29, 0.717) is 27.0 Å². The molecule has 0 atom stereocenters. The summed E-state index contributed by atoms with van der Waals surface area (Å²) in [6.45, 7) is -3.95. The second-order valence-corrected chi connectivity index (χ2v) is 6.02. The average molecular weight is 365 g/mol. The molecule has 2 aliphatic heterocycles. The minimum absolute atomic E-state index is 0.292. The number of fused-ring (bicyclic) bond motifs is 2. The van der Waals surface area contributed by atoms with Crippen molar-refractivity contribution in [3.05, 3.63) is 75.9 Å². The molecule has 2 aliphatic rings. The SMILES string of the molecule is Fc1c(Br)cccc1C1=C2C=CC=[N+]2[B-](F)(F)n2cccc21. The maximum absolute atomic E-state index is 14.6. The molecule has 2 nitrogen and oxygen atoms in total. The Balaban J connectivity index is 2.09. The van der Waals surface area contributed by atoms with Crippen LogP contribution in [0.1, 0.15) is 11.3 Å². The van der Waals surface area contributed by atoms with E-state index in [1.165, 1.54) is 12.4 Å². The predicted molar refractivity (Wildman–Crippen MR) is 83.4 cm³/mol. The smallest absolute Gasteiger partial charge is 0.396 e. The maximum Gasteiger partial charge on any atom is 0.737 e. The van der Waals surface area contributed by atoms with E-state index < -0.39 is 12.8 Å². The Bertz CT molecular complexity index is 896. The second kappa shape index (κ2) is 4.49. The van der Waals surface area contributed by atoms with Crippen molar-refractivity contribution >= 4 is 34.7 Å². The summed E-state index contributed by atoms with van der Waals surface area (Å²) in [7, 11) is 0. The largest absolute Gasteiger partial charge is 0.737 e. The molecular weight excluding hydrogens is 356 g/mol. The summed E-state index contributed by atoms with van der Waals surface area (Å²) in [6, 6.07) is 8.00. The van der Waals surface area contributed by atoms with Crippen molar-refractivity contribution in [1.29, 1.82) is 0 Å². The highest BCUT2D eigenvalue weighted by atomic mass is 79.9. The van der Waals surface area contributed by atoms with Gasteiger partial charge in [-0.2, -0.15) is 0 Å². The fraction of sp³-hybridized carbons (Fsp3) is 0. The number of allylic oxidation sites excluding steroid dienone is 2. The van der Waals surface area contributed by atoms with Crippen LogP contribution in [0.2, 0.25) is 0 Å². The average Bonchev–Trinajstić information content (AvgIpc) is 3.13. The summed E-state index contributed by atoms with van der Waals surface area (Å²) in [5.74, 6) is -0.462. The Hall–Kier alpha value is -2.02. The van der Waals surface area contributed by atoms with Crippen LogP contribution in [0.25, 0.3) is 5.57 Å². The van der Waals surface area contributed by atoms with Crippen LogP contribution in [0.5, 0.6) is 0 Å². The van der Waals surface area contributed by atoms with Crippen LogP contribution in [0.4, 0.5) is 13.0 Å². The van der Waals surface area contributed by atoms with Crippen molar-refractivity contribution in [2.45, 2.75) is 0 Å². The van der Waals surface area contributed by atoms with Gasteiger partial charge in [0, 0.05) is 23.4 Å². The molecule has 7 heteroatoms. The number of nitrogens with zero attached hydrogens (tertiary/aromatic N) is 2. The summed E-state index contributed by atoms with van der Waals surface area (Å²) < 4.78 is 45.8. The number of aromatic nitrogens is 1. The Morgan fingerprint density at radius 3 is 2.77 bits per heavy atom. The number of rotatable bonds is 1. The summed E-state index contributed by atoms with van der Waals surface area (Å²) in [6.07, 6.45) is 5.79. The first-order valence-electron chi connectivity index (χ1n) is 6.70. The van der Waals surface area contributed by atoms with Crippen molar-refractivity contribution in [3.63, 3.8) is 0 Å². The molecule has 0 saturated carbocycles. The van der Waals surface area contributed by atoms with Gasteiger partial charge in [-0.3, -0.25) is 0 Å². The van der Waals surface area contributed by atoms with Crippen LogP contribution in [0.3, 0.4) is 0 Å². The van der Waals surface area contributed by atoms with Gasteiger partial charge < -0.3 is 17.6 Å². The molecule has 1 aromatic heterocycles. The first kappa shape index (κ1) is 13.6. The van der Waals surface area contributed by atoms with Gasteiger partial charge in [0.2, 0.25) is 0 Å². The lowest BCUT2D eigenvalue weighted by molar-refractivity contribution is -0.356. The number of benzene rings is 1. The van der Waals surface area contributed by atoms with Crippen molar-refractivity contribution < 1.29 is 17.5 Å². The van der Waals surface area contributed by atoms with Gasteiger partial charge in [0.05, 0.1) is 10.0 Å². The second-order valence-electron chi connectivity index (χ2n) is 5.17. The van der Waals surface area contributed by atoms with E-state index in [1.54, 1.807) is 42.5 Å². The van der Waals surface area contributed by atoms with Crippen LogP contribution < -0.4 is 0 Å². The highest BCUT2D eigenvalue weighted by molar-refractivity contribution is 9.10. The zero-order valence-electron chi connectivity index (χ0n) is 11.2. The standard InChI is InChI=1S/C15H9BBrF3N2/c17-11-5-1-4-10(15(11)18)14-12-6-2-8-21(12)16(19,20)22-9-3-7-13(14)22/h1-9H. The van der Waals surface area contributed by atoms with E-state index in [2.05, 4.69) is 15.9 Å². The zero-order valence-corrected chi connectivity index (χ0v) is 12.8. The minimum Gasteiger partial charge on any atom is -0.396 e. The minimum atomic E-state index is -3.95. The van der Waals surface area contributed by atoms with E-state index >= 15 is 0 Å². The van der Waals surface area contributed by atoms with Crippen molar-refractivity contribution in [2.75, 3.05) is 0 Å². The van der Waals surface area contributed by atoms with Gasteiger partial charge in [-0.1, -0.05) is 12.1 Å². The summed E-state index contributed by atoms with van der Waals surface area (Å²) in [4.78, 5) is 0. The number of halogens is 4. The fourth-order valence-corrected chi connectivity index (χ4v) is 3.36. The molecular formula is C15H9BBrF3N2. The topological polar surface area (TPSA) is 7.94 Å². The van der Waals surface area contributed by atoms with E-state index in [0.717, 1.165) is 8.96 Å². The van der Waals surface area contributed by atoms with Crippen LogP contribution >= 0.6 is 15.9 Å². The Morgan fingerprint density at radius 1 is 1.14 bits per heavy atom. The van der Waals surface area contributed by atoms with E-state index in [4.69, 9.17) is 0 Å². The molecule has 0 unspecified atom stereocenters. The molecule has 0 aliphatic carbocycles. The highest BCUT2D eigenvalue weighted by Crippen LogP contribution is 2.39. The number of hydrogen-bond donors (Lipinski definition) is 0. The lowest BCUT2D eigenvalue weighted by atomic mass is 9.86. The first-order chi connectivity index (χ1) is 10.5. The predicted octanol–water partition coefficient (Wildman–Crippen LogP) is 4.04. The molecule has 3 heterocycles. The molecule has 22 heavy (non-hydrogen) atoms. The van der Waals surface area contributed by atoms with E-state index in [9.17, 15) is 13.0 Å². The lowest BCUT2D eigenvalue weighted by Gasteiger charge is -2.31. The highest BCUT2D eigenvalue weighted by Gasteiger charge is 2.51. The van der Waals surface area contributed by atoms with Crippen LogP contribution in [0, 0.1) is 5.82 Å². The Kier molecular flexibility index (Phi) is 2.78. The molecule has 0 fully saturated rings. The van der Waals surface area contributed by atoms with Gasteiger partial charge in [0.15, 0.2) is 5.70 Å². The molecule has 2 aromatic rings. The van der Waals surface area contributed by atoms with Crippen molar-refractivity contribution in [3.8, 4) is 0 Å². The quantitative estimate of drug-likeness (QED) is 0.675. The van der Waals surface area contributed by atoms with Gasteiger partial charge in [0.25, 0.3) is 0 Å². The summed E-state index contributed by atoms with van der Waals surface area (Å²) in [5.41, 5.74) is 1.38. The normalized spacial score (nSPS) is 18.3. The van der Waals surface area contributed by atoms with Gasteiger partial charge in [-0.25, -0.2) is 4.39 Å². The van der Waals surface area contributed by atoms with E-state index in [1.807, 2.05) is 0 Å². The molecule has 110 valence electrons. The Morgan fingerprint density at radius 2 is 1.95 bits per heavy atom. The molecule has 0 bridgehead atoms. The monoisotopic (exact) mass is 364 g/mol. The van der Waals surface area contributed by atoms with Crippen molar-refractivity contribution in [2.24, 2.45) is 0 Å². The third-order valence-corrected chi connectivity index (χ3v) is 4.57. The van der Waals surface area contributed by atoms with Crippen LogP contribution in [-0.2, 0) is 0 Å². The molecule has 0 amide bonds. The third-order valence-electron chi connectivity index (χ3n) is 3.96. The third kappa shape index (κ3) is 1.66. The molecule has 0 saturated heterocycles. The summed E-state index contributed by atoms with van der Waals surface area (Å²) in [5, 5.41) is 0. The molecule has 0 spiro atoms. The Labute approximate surface area is 133 Å². The van der Waals surface area contributed by atoms with Gasteiger partial charge in [-0.15, -0.1) is 0 Å². The van der Waals surface area contributed by atoms with Crippen LogP contribution in [-0.4, -0.2) is 22.1 Å². The first-order valence-corrected chi connectivity index (χ1v) is 7.49. The lowest BCUT2D eigenvalue weighted by Crippen LogP contribution is -2.49. The fourth-order valence-electron chi connectivity index (χ4n) is 2.99. The summed E-state index contributed by atoms with van der Waals surface area (Å²) >= 11 is 3.15. The van der Waals surface area contributed by atoms with Gasteiger partial charge >= 0.3 is 6.97 Å². The zero-order chi connectivity index (χ0) is 15.5. The maximum atomic E-state index is 14.6. The van der Waals surface area contributed by atoms with Gasteiger partial charge in [-0.05, 0) is 40.3 Å². The molecule has 4 rings (SSSR count). The van der Waals surface area contributed by atoms with Gasteiger partial charge in [0.1, 0.15) is 12.0 Å². The van der Waals surface area contributed by atoms with Crippen LogP contribution in [0.15, 0.2) is 58.9 Å². The molecule has 0 N–H and O–H groups in total. The molecule has 0 radical (unpaired) electrons. The van der Waals surface area contributed by atoms with Crippen molar-refractivity contribution in [1.82, 2.24) is 4.48 Å².